The quantitative estimate of drug-likeness (QED) is 0.440. The summed E-state index contributed by atoms with van der Waals surface area (Å²) in [7, 11) is 1.83. The molecule has 0 aliphatic carbocycles. The summed E-state index contributed by atoms with van der Waals surface area (Å²) in [6, 6.07) is 10.1. The highest BCUT2D eigenvalue weighted by molar-refractivity contribution is 7.98. The average molecular weight is 361 g/mol. The Morgan fingerprint density at radius 1 is 1.21 bits per heavy atom. The number of hydrogen-bond acceptors (Lipinski definition) is 8. The second-order valence-electron chi connectivity index (χ2n) is 5.28. The lowest BCUT2D eigenvalue weighted by Gasteiger charge is -2.12. The Morgan fingerprint density at radius 3 is 2.71 bits per heavy atom. The van der Waals surface area contributed by atoms with Crippen molar-refractivity contribution < 1.29 is 5.11 Å². The molecule has 0 saturated heterocycles. The Bertz CT molecular complexity index is 809. The molecule has 1 atom stereocenters. The maximum Gasteiger partial charge on any atom is 0.191 e. The van der Waals surface area contributed by atoms with Gasteiger partial charge in [0.1, 0.15) is 4.70 Å². The molecule has 0 aliphatic rings. The van der Waals surface area contributed by atoms with E-state index >= 15 is 0 Å². The summed E-state index contributed by atoms with van der Waals surface area (Å²) >= 11 is 3.07. The van der Waals surface area contributed by atoms with Crippen molar-refractivity contribution in [3.63, 3.8) is 0 Å². The zero-order chi connectivity index (χ0) is 16.9. The second-order valence-corrected chi connectivity index (χ2v) is 7.22. The van der Waals surface area contributed by atoms with Gasteiger partial charge in [-0.25, -0.2) is 9.97 Å². The van der Waals surface area contributed by atoms with Gasteiger partial charge in [0.25, 0.3) is 0 Å². The fourth-order valence-electron chi connectivity index (χ4n) is 2.07. The first-order chi connectivity index (χ1) is 11.7. The monoisotopic (exact) mass is 361 g/mol. The lowest BCUT2D eigenvalue weighted by Crippen LogP contribution is -2.20. The fourth-order valence-corrected chi connectivity index (χ4v) is 3.68. The van der Waals surface area contributed by atoms with Crippen molar-refractivity contribution in [2.75, 3.05) is 24.3 Å². The molecule has 3 aromatic rings. The molecule has 0 spiro atoms. The SMILES string of the molecule is CNc1nc2nc(SCc3ccccc3)nc(NC(C)CO)c2s1. The molecule has 2 aromatic heterocycles. The molecule has 0 radical (unpaired) electrons. The van der Waals surface area contributed by atoms with Crippen LogP contribution in [0.4, 0.5) is 10.9 Å². The van der Waals surface area contributed by atoms with Crippen molar-refractivity contribution in [1.82, 2.24) is 15.0 Å². The second kappa shape index (κ2) is 7.78. The van der Waals surface area contributed by atoms with Crippen LogP contribution < -0.4 is 10.6 Å². The molecule has 24 heavy (non-hydrogen) atoms. The van der Waals surface area contributed by atoms with E-state index in [4.69, 9.17) is 0 Å². The van der Waals surface area contributed by atoms with Crippen molar-refractivity contribution in [2.24, 2.45) is 0 Å². The van der Waals surface area contributed by atoms with Crippen LogP contribution in [0.1, 0.15) is 12.5 Å². The molecule has 1 unspecified atom stereocenters. The number of aromatic nitrogens is 3. The lowest BCUT2D eigenvalue weighted by atomic mass is 10.2. The molecule has 0 fully saturated rings. The normalized spacial score (nSPS) is 12.3. The first-order valence-electron chi connectivity index (χ1n) is 7.60. The molecule has 0 saturated carbocycles. The molecule has 1 aromatic carbocycles. The largest absolute Gasteiger partial charge is 0.394 e. The number of nitrogens with one attached hydrogen (secondary N) is 2. The molecule has 126 valence electrons. The van der Waals surface area contributed by atoms with E-state index in [1.807, 2.05) is 32.2 Å². The first kappa shape index (κ1) is 16.9. The van der Waals surface area contributed by atoms with E-state index in [0.29, 0.717) is 10.8 Å². The minimum absolute atomic E-state index is 0.0374. The maximum absolute atomic E-state index is 9.31. The number of thioether (sulfide) groups is 1. The molecular formula is C16H19N5OS2. The van der Waals surface area contributed by atoms with Crippen LogP contribution in [0.3, 0.4) is 0 Å². The van der Waals surface area contributed by atoms with Crippen molar-refractivity contribution in [1.29, 1.82) is 0 Å². The summed E-state index contributed by atoms with van der Waals surface area (Å²) in [5.74, 6) is 1.51. The Morgan fingerprint density at radius 2 is 2.00 bits per heavy atom. The van der Waals surface area contributed by atoms with Crippen molar-refractivity contribution >= 4 is 44.4 Å². The molecule has 6 nitrogen and oxygen atoms in total. The van der Waals surface area contributed by atoms with E-state index in [1.165, 1.54) is 16.9 Å². The molecule has 3 N–H and O–H groups in total. The Kier molecular flexibility index (Phi) is 5.49. The van der Waals surface area contributed by atoms with E-state index in [9.17, 15) is 5.11 Å². The molecule has 8 heteroatoms. The van der Waals surface area contributed by atoms with Crippen molar-refractivity contribution in [3.05, 3.63) is 35.9 Å². The number of aliphatic hydroxyl groups excluding tert-OH is 1. The van der Waals surface area contributed by atoms with Gasteiger partial charge in [0.15, 0.2) is 21.8 Å². The van der Waals surface area contributed by atoms with E-state index < -0.39 is 0 Å². The predicted molar refractivity (Wildman–Crippen MR) is 101 cm³/mol. The summed E-state index contributed by atoms with van der Waals surface area (Å²) in [5.41, 5.74) is 1.89. The molecule has 0 amide bonds. The number of aliphatic hydroxyl groups is 1. The van der Waals surface area contributed by atoms with E-state index in [0.717, 1.165) is 21.4 Å². The highest BCUT2D eigenvalue weighted by Crippen LogP contribution is 2.32. The van der Waals surface area contributed by atoms with Crippen LogP contribution in [-0.2, 0) is 5.75 Å². The van der Waals surface area contributed by atoms with Crippen LogP contribution in [0.5, 0.6) is 0 Å². The van der Waals surface area contributed by atoms with Crippen molar-refractivity contribution in [2.45, 2.75) is 23.9 Å². The zero-order valence-electron chi connectivity index (χ0n) is 13.5. The standard InChI is InChI=1S/C16H19N5OS2/c1-10(8-22)18-13-12-14(19-15(17-2)24-12)21-16(20-13)23-9-11-6-4-3-5-7-11/h3-7,10,22H,8-9H2,1-2H3,(H2,17,18,19,20,21). The van der Waals surface area contributed by atoms with Gasteiger partial charge >= 0.3 is 0 Å². The topological polar surface area (TPSA) is 83.0 Å². The molecule has 3 rings (SSSR count). The maximum atomic E-state index is 9.31. The van der Waals surface area contributed by atoms with Crippen LogP contribution in [0.2, 0.25) is 0 Å². The Labute approximate surface area is 148 Å². The van der Waals surface area contributed by atoms with Gasteiger partial charge in [0.05, 0.1) is 6.61 Å². The molecule has 2 heterocycles. The van der Waals surface area contributed by atoms with Crippen LogP contribution in [0, 0.1) is 0 Å². The molecular weight excluding hydrogens is 342 g/mol. The third-order valence-corrected chi connectivity index (χ3v) is 5.30. The van der Waals surface area contributed by atoms with Gasteiger partial charge in [0.2, 0.25) is 0 Å². The first-order valence-corrected chi connectivity index (χ1v) is 9.40. The third-order valence-electron chi connectivity index (χ3n) is 3.31. The summed E-state index contributed by atoms with van der Waals surface area (Å²) in [6.45, 7) is 1.94. The zero-order valence-corrected chi connectivity index (χ0v) is 15.1. The number of fused-ring (bicyclic) bond motifs is 1. The summed E-state index contributed by atoms with van der Waals surface area (Å²) in [5, 5.41) is 17.1. The van der Waals surface area contributed by atoms with Crippen LogP contribution in [0.15, 0.2) is 35.5 Å². The third kappa shape index (κ3) is 3.95. The summed E-state index contributed by atoms with van der Waals surface area (Å²) in [4.78, 5) is 13.7. The van der Waals surface area contributed by atoms with Gasteiger partial charge in [-0.05, 0) is 12.5 Å². The minimum Gasteiger partial charge on any atom is -0.394 e. The number of benzene rings is 1. The lowest BCUT2D eigenvalue weighted by molar-refractivity contribution is 0.281. The van der Waals surface area contributed by atoms with Gasteiger partial charge in [0, 0.05) is 18.8 Å². The van der Waals surface area contributed by atoms with E-state index in [1.54, 1.807) is 11.8 Å². The van der Waals surface area contributed by atoms with Gasteiger partial charge in [-0.2, -0.15) is 4.98 Å². The Balaban J connectivity index is 1.89. The highest BCUT2D eigenvalue weighted by Gasteiger charge is 2.15. The number of hydrogen-bond donors (Lipinski definition) is 3. The predicted octanol–water partition coefficient (Wildman–Crippen LogP) is 3.21. The van der Waals surface area contributed by atoms with Crippen molar-refractivity contribution in [3.8, 4) is 0 Å². The van der Waals surface area contributed by atoms with Gasteiger partial charge < -0.3 is 15.7 Å². The molecule has 0 aliphatic heterocycles. The number of rotatable bonds is 7. The average Bonchev–Trinajstić information content (AvgIpc) is 3.04. The van der Waals surface area contributed by atoms with Gasteiger partial charge in [-0.15, -0.1) is 0 Å². The van der Waals surface area contributed by atoms with E-state index in [2.05, 4.69) is 37.7 Å². The van der Waals surface area contributed by atoms with E-state index in [-0.39, 0.29) is 12.6 Å². The number of anilines is 2. The van der Waals surface area contributed by atoms with Crippen LogP contribution in [-0.4, -0.2) is 39.8 Å². The number of nitrogens with zero attached hydrogens (tertiary/aromatic N) is 3. The minimum atomic E-state index is -0.0878. The van der Waals surface area contributed by atoms with Crippen LogP contribution in [0.25, 0.3) is 10.3 Å². The van der Waals surface area contributed by atoms with Gasteiger partial charge in [-0.3, -0.25) is 0 Å². The summed E-state index contributed by atoms with van der Waals surface area (Å²) < 4.78 is 0.892. The highest BCUT2D eigenvalue weighted by atomic mass is 32.2. The van der Waals surface area contributed by atoms with Crippen LogP contribution >= 0.6 is 23.1 Å². The number of thiazole rings is 1. The Hall–Kier alpha value is -1.90. The summed E-state index contributed by atoms with van der Waals surface area (Å²) in [6.07, 6.45) is 0. The fraction of sp³-hybridized carbons (Fsp3) is 0.312. The smallest absolute Gasteiger partial charge is 0.191 e. The molecule has 0 bridgehead atoms. The van der Waals surface area contributed by atoms with Gasteiger partial charge in [-0.1, -0.05) is 53.4 Å².